The summed E-state index contributed by atoms with van der Waals surface area (Å²) in [6, 6.07) is 3.61. The Labute approximate surface area is 132 Å². The van der Waals surface area contributed by atoms with Crippen LogP contribution in [0.3, 0.4) is 0 Å². The molecule has 1 fully saturated rings. The second-order valence-corrected chi connectivity index (χ2v) is 6.86. The first-order valence-electron chi connectivity index (χ1n) is 6.73. The SMILES string of the molecule is Cc1c(NC(=O)CC#N)cc(S(=O)(=O)NC2CC2)cc1[N+](=O)[O-]. The van der Waals surface area contributed by atoms with Crippen LogP contribution >= 0.6 is 0 Å². The van der Waals surface area contributed by atoms with Gasteiger partial charge in [0.1, 0.15) is 6.42 Å². The summed E-state index contributed by atoms with van der Waals surface area (Å²) in [5.74, 6) is -0.672. The minimum atomic E-state index is -3.91. The molecule has 0 saturated heterocycles. The van der Waals surface area contributed by atoms with Crippen LogP contribution in [-0.2, 0) is 14.8 Å². The van der Waals surface area contributed by atoms with Crippen molar-refractivity contribution in [3.05, 3.63) is 27.8 Å². The maximum absolute atomic E-state index is 12.2. The van der Waals surface area contributed by atoms with Gasteiger partial charge in [0.15, 0.2) is 0 Å². The molecule has 0 unspecified atom stereocenters. The largest absolute Gasteiger partial charge is 0.325 e. The first-order chi connectivity index (χ1) is 10.7. The molecule has 23 heavy (non-hydrogen) atoms. The van der Waals surface area contributed by atoms with E-state index >= 15 is 0 Å². The zero-order chi connectivity index (χ0) is 17.2. The van der Waals surface area contributed by atoms with Crippen molar-refractivity contribution in [1.29, 1.82) is 5.26 Å². The molecule has 1 aliphatic rings. The predicted octanol–water partition coefficient (Wildman–Crippen LogP) is 1.20. The maximum atomic E-state index is 12.2. The van der Waals surface area contributed by atoms with Gasteiger partial charge in [-0.1, -0.05) is 0 Å². The minimum Gasteiger partial charge on any atom is -0.325 e. The topological polar surface area (TPSA) is 142 Å². The molecule has 1 aliphatic carbocycles. The molecule has 1 amide bonds. The number of sulfonamides is 1. The van der Waals surface area contributed by atoms with E-state index in [9.17, 15) is 23.3 Å². The molecule has 10 heteroatoms. The van der Waals surface area contributed by atoms with Crippen LogP contribution in [0.5, 0.6) is 0 Å². The molecule has 2 rings (SSSR count). The highest BCUT2D eigenvalue weighted by Crippen LogP contribution is 2.31. The van der Waals surface area contributed by atoms with Gasteiger partial charge in [-0.3, -0.25) is 14.9 Å². The standard InChI is InChI=1S/C13H14N4O5S/c1-8-11(15-13(18)4-5-14)6-10(7-12(8)17(19)20)23(21,22)16-9-2-3-9/h6-7,9,16H,2-4H2,1H3,(H,15,18). The zero-order valence-electron chi connectivity index (χ0n) is 12.2. The number of anilines is 1. The monoisotopic (exact) mass is 338 g/mol. The molecule has 1 aromatic carbocycles. The second kappa shape index (κ2) is 6.31. The van der Waals surface area contributed by atoms with E-state index in [4.69, 9.17) is 5.26 Å². The summed E-state index contributed by atoms with van der Waals surface area (Å²) in [6.07, 6.45) is 1.00. The van der Waals surface area contributed by atoms with Gasteiger partial charge in [0.05, 0.1) is 27.1 Å². The van der Waals surface area contributed by atoms with Gasteiger partial charge >= 0.3 is 0 Å². The third-order valence-corrected chi connectivity index (χ3v) is 4.77. The van der Waals surface area contributed by atoms with Crippen LogP contribution in [0.1, 0.15) is 24.8 Å². The first kappa shape index (κ1) is 16.9. The quantitative estimate of drug-likeness (QED) is 0.589. The van der Waals surface area contributed by atoms with E-state index in [1.807, 2.05) is 0 Å². The Morgan fingerprint density at radius 2 is 2.13 bits per heavy atom. The molecule has 0 aliphatic heterocycles. The van der Waals surface area contributed by atoms with Gasteiger partial charge in [-0.05, 0) is 25.8 Å². The van der Waals surface area contributed by atoms with Crippen LogP contribution in [-0.4, -0.2) is 25.3 Å². The van der Waals surface area contributed by atoms with Crippen LogP contribution < -0.4 is 10.0 Å². The van der Waals surface area contributed by atoms with Crippen molar-refractivity contribution in [1.82, 2.24) is 4.72 Å². The van der Waals surface area contributed by atoms with E-state index in [-0.39, 0.29) is 22.2 Å². The lowest BCUT2D eigenvalue weighted by Crippen LogP contribution is -2.26. The summed E-state index contributed by atoms with van der Waals surface area (Å²) >= 11 is 0. The molecular weight excluding hydrogens is 324 g/mol. The molecule has 0 radical (unpaired) electrons. The normalized spacial score (nSPS) is 14.1. The molecule has 1 saturated carbocycles. The Balaban J connectivity index is 2.47. The summed E-state index contributed by atoms with van der Waals surface area (Å²) in [4.78, 5) is 21.6. The predicted molar refractivity (Wildman–Crippen MR) is 80.0 cm³/mol. The molecular formula is C13H14N4O5S. The zero-order valence-corrected chi connectivity index (χ0v) is 13.0. The van der Waals surface area contributed by atoms with Crippen LogP contribution in [0.15, 0.2) is 17.0 Å². The fourth-order valence-electron chi connectivity index (χ4n) is 1.90. The number of hydrogen-bond acceptors (Lipinski definition) is 6. The summed E-state index contributed by atoms with van der Waals surface area (Å²) in [5.41, 5.74) is -0.307. The lowest BCUT2D eigenvalue weighted by atomic mass is 10.1. The third-order valence-electron chi connectivity index (χ3n) is 3.27. The number of amides is 1. The molecule has 0 bridgehead atoms. The minimum absolute atomic E-state index is 0.00405. The van der Waals surface area contributed by atoms with Crippen molar-refractivity contribution in [3.63, 3.8) is 0 Å². The molecule has 0 spiro atoms. The Bertz CT molecular complexity index is 808. The Kier molecular flexibility index (Phi) is 4.63. The second-order valence-electron chi connectivity index (χ2n) is 5.15. The van der Waals surface area contributed by atoms with E-state index < -0.39 is 33.0 Å². The summed E-state index contributed by atoms with van der Waals surface area (Å²) < 4.78 is 26.9. The van der Waals surface area contributed by atoms with Crippen LogP contribution in [0.25, 0.3) is 0 Å². The third kappa shape index (κ3) is 4.02. The van der Waals surface area contributed by atoms with Gasteiger partial charge in [-0.15, -0.1) is 0 Å². The van der Waals surface area contributed by atoms with Crippen molar-refractivity contribution >= 4 is 27.3 Å². The number of nitriles is 1. The van der Waals surface area contributed by atoms with Crippen molar-refractivity contribution in [3.8, 4) is 6.07 Å². The Morgan fingerprint density at radius 1 is 1.48 bits per heavy atom. The van der Waals surface area contributed by atoms with Gasteiger partial charge in [0.25, 0.3) is 5.69 Å². The first-order valence-corrected chi connectivity index (χ1v) is 8.21. The lowest BCUT2D eigenvalue weighted by molar-refractivity contribution is -0.385. The number of nitro benzene ring substituents is 1. The van der Waals surface area contributed by atoms with E-state index in [1.54, 1.807) is 6.07 Å². The van der Waals surface area contributed by atoms with Crippen molar-refractivity contribution < 1.29 is 18.1 Å². The molecule has 0 atom stereocenters. The molecule has 0 heterocycles. The van der Waals surface area contributed by atoms with Crippen LogP contribution in [0, 0.1) is 28.4 Å². The number of carbonyl (C=O) groups is 1. The lowest BCUT2D eigenvalue weighted by Gasteiger charge is -2.11. The molecule has 1 aromatic rings. The number of nitrogens with one attached hydrogen (secondary N) is 2. The molecule has 9 nitrogen and oxygen atoms in total. The highest BCUT2D eigenvalue weighted by atomic mass is 32.2. The number of nitrogens with zero attached hydrogens (tertiary/aromatic N) is 2. The number of nitro groups is 1. The van der Waals surface area contributed by atoms with Crippen molar-refractivity contribution in [2.45, 2.75) is 37.1 Å². The van der Waals surface area contributed by atoms with Crippen molar-refractivity contribution in [2.75, 3.05) is 5.32 Å². The Hall–Kier alpha value is -2.51. The van der Waals surface area contributed by atoms with Gasteiger partial charge in [0, 0.05) is 12.1 Å². The van der Waals surface area contributed by atoms with Gasteiger partial charge < -0.3 is 5.32 Å². The summed E-state index contributed by atoms with van der Waals surface area (Å²) in [7, 11) is -3.91. The number of benzene rings is 1. The van der Waals surface area contributed by atoms with E-state index in [0.29, 0.717) is 0 Å². The Morgan fingerprint density at radius 3 is 2.65 bits per heavy atom. The molecule has 122 valence electrons. The molecule has 0 aromatic heterocycles. The number of carbonyl (C=O) groups excluding carboxylic acids is 1. The van der Waals surface area contributed by atoms with Gasteiger partial charge in [0.2, 0.25) is 15.9 Å². The van der Waals surface area contributed by atoms with Crippen molar-refractivity contribution in [2.24, 2.45) is 0 Å². The van der Waals surface area contributed by atoms with Crippen LogP contribution in [0.2, 0.25) is 0 Å². The number of rotatable bonds is 6. The van der Waals surface area contributed by atoms with Gasteiger partial charge in [-0.2, -0.15) is 5.26 Å². The smallest absolute Gasteiger partial charge is 0.275 e. The van der Waals surface area contributed by atoms with Gasteiger partial charge in [-0.25, -0.2) is 13.1 Å². The molecule has 2 N–H and O–H groups in total. The van der Waals surface area contributed by atoms with E-state index in [0.717, 1.165) is 25.0 Å². The highest BCUT2D eigenvalue weighted by Gasteiger charge is 2.30. The average Bonchev–Trinajstić information content (AvgIpc) is 3.24. The number of hydrogen-bond donors (Lipinski definition) is 2. The summed E-state index contributed by atoms with van der Waals surface area (Å²) in [5, 5.41) is 21.9. The van der Waals surface area contributed by atoms with Crippen LogP contribution in [0.4, 0.5) is 11.4 Å². The fraction of sp³-hybridized carbons (Fsp3) is 0.385. The van der Waals surface area contributed by atoms with E-state index in [2.05, 4.69) is 10.0 Å². The maximum Gasteiger partial charge on any atom is 0.275 e. The summed E-state index contributed by atoms with van der Waals surface area (Å²) in [6.45, 7) is 1.39. The highest BCUT2D eigenvalue weighted by molar-refractivity contribution is 7.89. The average molecular weight is 338 g/mol. The van der Waals surface area contributed by atoms with E-state index in [1.165, 1.54) is 6.92 Å². The fourth-order valence-corrected chi connectivity index (χ4v) is 3.25.